The summed E-state index contributed by atoms with van der Waals surface area (Å²) in [5, 5.41) is 18.9. The Balaban J connectivity index is 1.42. The molecule has 0 bridgehead atoms. The van der Waals surface area contributed by atoms with Crippen molar-refractivity contribution in [2.75, 3.05) is 10.6 Å². The molecule has 218 valence electrons. The molecule has 0 saturated heterocycles. The lowest BCUT2D eigenvalue weighted by Crippen LogP contribution is -2.30. The Morgan fingerprint density at radius 2 is 1.58 bits per heavy atom. The number of non-ortho nitro benzene ring substituents is 1. The van der Waals surface area contributed by atoms with Gasteiger partial charge >= 0.3 is 0 Å². The molecule has 0 heterocycles. The number of thioether (sulfide) groups is 1. The minimum Gasteiger partial charge on any atom is -0.325 e. The molecule has 43 heavy (non-hydrogen) atoms. The van der Waals surface area contributed by atoms with E-state index in [1.54, 1.807) is 68.5 Å². The minimum absolute atomic E-state index is 0.0403. The quantitative estimate of drug-likeness (QED) is 0.0807. The normalized spacial score (nSPS) is 11.7. The molecule has 0 saturated carbocycles. The maximum absolute atomic E-state index is 13.3. The molecule has 0 radical (unpaired) electrons. The predicted molar refractivity (Wildman–Crippen MR) is 170 cm³/mol. The lowest BCUT2D eigenvalue weighted by molar-refractivity contribution is -0.384. The Morgan fingerprint density at radius 3 is 2.23 bits per heavy atom. The summed E-state index contributed by atoms with van der Waals surface area (Å²) in [4.78, 5) is 50.2. The van der Waals surface area contributed by atoms with Crippen molar-refractivity contribution < 1.29 is 19.3 Å². The number of nitrogens with zero attached hydrogens (tertiary/aromatic N) is 1. The lowest BCUT2D eigenvalue weighted by atomic mass is 10.1. The number of carbonyl (C=O) groups is 3. The van der Waals surface area contributed by atoms with E-state index in [1.165, 1.54) is 30.0 Å². The summed E-state index contributed by atoms with van der Waals surface area (Å²) in [6, 6.07) is 27.5. The van der Waals surface area contributed by atoms with E-state index in [0.717, 1.165) is 16.0 Å². The van der Waals surface area contributed by atoms with Gasteiger partial charge < -0.3 is 16.0 Å². The summed E-state index contributed by atoms with van der Waals surface area (Å²) in [7, 11) is 0. The van der Waals surface area contributed by atoms with Crippen LogP contribution in [0.15, 0.2) is 108 Å². The molecule has 3 amide bonds. The van der Waals surface area contributed by atoms with Gasteiger partial charge in [-0.05, 0) is 80.4 Å². The van der Waals surface area contributed by atoms with E-state index in [-0.39, 0.29) is 17.3 Å². The van der Waals surface area contributed by atoms with Crippen LogP contribution in [0.2, 0.25) is 0 Å². The van der Waals surface area contributed by atoms with Crippen LogP contribution < -0.4 is 16.0 Å². The third-order valence-electron chi connectivity index (χ3n) is 6.35. The number of nitro benzene ring substituents is 1. The number of nitrogens with one attached hydrogen (secondary N) is 3. The van der Waals surface area contributed by atoms with E-state index in [1.807, 2.05) is 37.3 Å². The zero-order chi connectivity index (χ0) is 30.9. The second-order valence-electron chi connectivity index (χ2n) is 9.78. The number of hydrogen-bond donors (Lipinski definition) is 3. The Labute approximate surface area is 253 Å². The lowest BCUT2D eigenvalue weighted by Gasteiger charge is -2.14. The molecule has 10 heteroatoms. The van der Waals surface area contributed by atoms with Crippen molar-refractivity contribution in [1.29, 1.82) is 0 Å². The number of nitro groups is 1. The zero-order valence-corrected chi connectivity index (χ0v) is 24.6. The molecule has 4 rings (SSSR count). The minimum atomic E-state index is -0.489. The first-order valence-corrected chi connectivity index (χ1v) is 14.3. The third kappa shape index (κ3) is 8.64. The number of benzene rings is 4. The van der Waals surface area contributed by atoms with Gasteiger partial charge in [0.25, 0.3) is 17.5 Å². The smallest absolute Gasteiger partial charge is 0.272 e. The van der Waals surface area contributed by atoms with E-state index >= 15 is 0 Å². The fourth-order valence-corrected chi connectivity index (χ4v) is 4.95. The SMILES string of the molecule is Cc1cccc(/C=C(\NC(=O)c2ccccc2)C(=O)Nc2ccc(SC(C)C(=O)Nc3ccc([N+](=O)[O-])cc3C)cc2)c1. The first-order chi connectivity index (χ1) is 20.6. The van der Waals surface area contributed by atoms with Crippen molar-refractivity contribution in [3.63, 3.8) is 0 Å². The third-order valence-corrected chi connectivity index (χ3v) is 7.47. The monoisotopic (exact) mass is 594 g/mol. The highest BCUT2D eigenvalue weighted by atomic mass is 32.2. The van der Waals surface area contributed by atoms with Gasteiger partial charge in [-0.3, -0.25) is 24.5 Å². The fourth-order valence-electron chi connectivity index (χ4n) is 4.08. The predicted octanol–water partition coefficient (Wildman–Crippen LogP) is 6.74. The van der Waals surface area contributed by atoms with E-state index in [4.69, 9.17) is 0 Å². The second-order valence-corrected chi connectivity index (χ2v) is 11.2. The Kier molecular flexibility index (Phi) is 10.1. The first kappa shape index (κ1) is 30.7. The van der Waals surface area contributed by atoms with Gasteiger partial charge in [-0.2, -0.15) is 0 Å². The molecule has 9 nitrogen and oxygen atoms in total. The Morgan fingerprint density at radius 1 is 0.860 bits per heavy atom. The van der Waals surface area contributed by atoms with Gasteiger partial charge in [0.05, 0.1) is 10.2 Å². The summed E-state index contributed by atoms with van der Waals surface area (Å²) < 4.78 is 0. The molecule has 0 spiro atoms. The van der Waals surface area contributed by atoms with Gasteiger partial charge in [-0.1, -0.05) is 48.0 Å². The number of rotatable bonds is 10. The van der Waals surface area contributed by atoms with Crippen LogP contribution in [-0.2, 0) is 9.59 Å². The van der Waals surface area contributed by atoms with Crippen LogP contribution in [0.25, 0.3) is 6.08 Å². The van der Waals surface area contributed by atoms with Crippen molar-refractivity contribution in [1.82, 2.24) is 5.32 Å². The average molecular weight is 595 g/mol. The summed E-state index contributed by atoms with van der Waals surface area (Å²) in [5.41, 5.74) is 3.87. The highest BCUT2D eigenvalue weighted by Gasteiger charge is 2.18. The number of carbonyl (C=O) groups excluding carboxylic acids is 3. The van der Waals surface area contributed by atoms with Gasteiger partial charge in [-0.15, -0.1) is 11.8 Å². The fraction of sp³-hybridized carbons (Fsp3) is 0.121. The van der Waals surface area contributed by atoms with Crippen molar-refractivity contribution in [3.8, 4) is 0 Å². The summed E-state index contributed by atoms with van der Waals surface area (Å²) in [5.74, 6) is -1.14. The molecule has 0 fully saturated rings. The van der Waals surface area contributed by atoms with Crippen molar-refractivity contribution in [3.05, 3.63) is 135 Å². The van der Waals surface area contributed by atoms with Crippen molar-refractivity contribution in [2.24, 2.45) is 0 Å². The van der Waals surface area contributed by atoms with E-state index < -0.39 is 22.0 Å². The maximum atomic E-state index is 13.3. The van der Waals surface area contributed by atoms with Crippen LogP contribution in [0.5, 0.6) is 0 Å². The van der Waals surface area contributed by atoms with Crippen LogP contribution in [0, 0.1) is 24.0 Å². The summed E-state index contributed by atoms with van der Waals surface area (Å²) >= 11 is 1.33. The molecule has 3 N–H and O–H groups in total. The van der Waals surface area contributed by atoms with Gasteiger partial charge in [0.15, 0.2) is 0 Å². The van der Waals surface area contributed by atoms with Crippen LogP contribution >= 0.6 is 11.8 Å². The summed E-state index contributed by atoms with van der Waals surface area (Å²) in [6.07, 6.45) is 1.63. The zero-order valence-electron chi connectivity index (χ0n) is 23.8. The molecular weight excluding hydrogens is 564 g/mol. The molecule has 0 aliphatic heterocycles. The highest BCUT2D eigenvalue weighted by Crippen LogP contribution is 2.27. The molecule has 0 aliphatic carbocycles. The van der Waals surface area contributed by atoms with Gasteiger partial charge in [-0.25, -0.2) is 0 Å². The van der Waals surface area contributed by atoms with Crippen LogP contribution in [-0.4, -0.2) is 27.9 Å². The summed E-state index contributed by atoms with van der Waals surface area (Å²) in [6.45, 7) is 5.40. The van der Waals surface area contributed by atoms with E-state index in [0.29, 0.717) is 22.5 Å². The number of amides is 3. The topological polar surface area (TPSA) is 130 Å². The molecule has 0 aromatic heterocycles. The number of hydrogen-bond acceptors (Lipinski definition) is 6. The highest BCUT2D eigenvalue weighted by molar-refractivity contribution is 8.00. The first-order valence-electron chi connectivity index (χ1n) is 13.4. The molecular formula is C33H30N4O5S. The Hall–Kier alpha value is -5.22. The number of aryl methyl sites for hydroxylation is 2. The van der Waals surface area contributed by atoms with E-state index in [2.05, 4.69) is 16.0 Å². The number of anilines is 2. The van der Waals surface area contributed by atoms with Crippen molar-refractivity contribution >= 4 is 52.6 Å². The largest absolute Gasteiger partial charge is 0.325 e. The molecule has 0 aliphatic rings. The van der Waals surface area contributed by atoms with Crippen LogP contribution in [0.4, 0.5) is 17.1 Å². The van der Waals surface area contributed by atoms with Gasteiger partial charge in [0, 0.05) is 34.0 Å². The van der Waals surface area contributed by atoms with Gasteiger partial charge in [0.2, 0.25) is 5.91 Å². The van der Waals surface area contributed by atoms with Crippen LogP contribution in [0.3, 0.4) is 0 Å². The molecule has 1 unspecified atom stereocenters. The Bertz CT molecular complexity index is 1690. The second kappa shape index (κ2) is 14.1. The molecule has 4 aromatic rings. The van der Waals surface area contributed by atoms with Gasteiger partial charge in [0.1, 0.15) is 5.70 Å². The van der Waals surface area contributed by atoms with Crippen LogP contribution in [0.1, 0.15) is 34.0 Å². The van der Waals surface area contributed by atoms with E-state index in [9.17, 15) is 24.5 Å². The maximum Gasteiger partial charge on any atom is 0.272 e. The average Bonchev–Trinajstić information content (AvgIpc) is 2.99. The molecule has 1 atom stereocenters. The standard InChI is InChI=1S/C33H30N4O5S/c1-21-8-7-9-24(18-21)20-30(36-32(39)25-10-5-4-6-11-25)33(40)34-26-12-15-28(16-13-26)43-23(3)31(38)35-29-17-14-27(37(41)42)19-22(29)2/h4-20,23H,1-3H3,(H,34,40)(H,35,38)(H,36,39)/b30-20-. The van der Waals surface area contributed by atoms with Crippen molar-refractivity contribution in [2.45, 2.75) is 30.9 Å². The molecule has 4 aromatic carbocycles.